The molecule has 38 heavy (non-hydrogen) atoms. The predicted octanol–water partition coefficient (Wildman–Crippen LogP) is 3.79. The highest BCUT2D eigenvalue weighted by Crippen LogP contribution is 2.40. The van der Waals surface area contributed by atoms with Crippen LogP contribution in [0.2, 0.25) is 0 Å². The number of fused-ring (bicyclic) bond motifs is 1. The molecule has 3 heterocycles. The average Bonchev–Trinajstić information content (AvgIpc) is 3.59. The van der Waals surface area contributed by atoms with E-state index in [9.17, 15) is 40.7 Å². The fraction of sp³-hybridized carbons (Fsp3) is 0.333. The van der Waals surface area contributed by atoms with Crippen LogP contribution in [-0.4, -0.2) is 46.3 Å². The van der Waals surface area contributed by atoms with Crippen LogP contribution < -0.4 is 21.0 Å². The summed E-state index contributed by atoms with van der Waals surface area (Å²) in [7, 11) is 0. The molecular weight excluding hydrogens is 520 g/mol. The second-order valence-electron chi connectivity index (χ2n) is 9.29. The van der Waals surface area contributed by atoms with Gasteiger partial charge in [0.25, 0.3) is 5.91 Å². The van der Waals surface area contributed by atoms with E-state index in [1.165, 1.54) is 11.0 Å². The summed E-state index contributed by atoms with van der Waals surface area (Å²) in [5.41, 5.74) is -3.22. The van der Waals surface area contributed by atoms with Gasteiger partial charge < -0.3 is 10.6 Å². The van der Waals surface area contributed by atoms with Gasteiger partial charge in [0.05, 0.1) is 5.39 Å². The molecule has 200 valence electrons. The van der Waals surface area contributed by atoms with Crippen LogP contribution in [0.5, 0.6) is 0 Å². The molecule has 1 unspecified atom stereocenters. The molecule has 3 aromatic rings. The van der Waals surface area contributed by atoms with Gasteiger partial charge >= 0.3 is 12.2 Å². The first-order valence-corrected chi connectivity index (χ1v) is 11.5. The maximum Gasteiger partial charge on any atom is 0.408 e. The van der Waals surface area contributed by atoms with Gasteiger partial charge in [0, 0.05) is 30.9 Å². The Kier molecular flexibility index (Phi) is 6.07. The smallest absolute Gasteiger partial charge is 0.340 e. The number of aromatic nitrogens is 2. The molecule has 8 nitrogen and oxygen atoms in total. The van der Waals surface area contributed by atoms with Crippen molar-refractivity contribution in [3.05, 3.63) is 63.7 Å². The minimum Gasteiger partial charge on any atom is -0.340 e. The topological polar surface area (TPSA) is 96.3 Å². The van der Waals surface area contributed by atoms with Crippen molar-refractivity contribution < 1.29 is 35.9 Å². The molecule has 2 aromatic heterocycles. The van der Waals surface area contributed by atoms with Crippen LogP contribution in [0, 0.1) is 23.4 Å². The lowest BCUT2D eigenvalue weighted by atomic mass is 10.1. The maximum atomic E-state index is 14.8. The molecule has 2 N–H and O–H groups in total. The minimum atomic E-state index is -4.79. The number of halogens is 6. The van der Waals surface area contributed by atoms with Crippen molar-refractivity contribution in [1.29, 1.82) is 0 Å². The number of pyridine rings is 2. The molecule has 1 saturated heterocycles. The number of nitrogens with zero attached hydrogens (tertiary/aromatic N) is 3. The standard InChI is InChI=1S/C24H19F6N5O3/c1-10-8-34(23(38)31-10)17-5-4-13-19(36)14(22(37)33-20(11-2-3-11)24(28,29)30)9-35(21(13)32-17)18-15(26)6-12(25)7-16(18)27/h4-7,9-11,20H,2-3,8H2,1H3,(H,31,38)(H,33,37)/t10-,20?/m0/s1. The van der Waals surface area contributed by atoms with Crippen molar-refractivity contribution >= 4 is 28.8 Å². The third-order valence-corrected chi connectivity index (χ3v) is 6.38. The van der Waals surface area contributed by atoms with E-state index in [0.29, 0.717) is 22.9 Å². The van der Waals surface area contributed by atoms with Gasteiger partial charge in [0.15, 0.2) is 17.3 Å². The van der Waals surface area contributed by atoms with Crippen LogP contribution in [0.3, 0.4) is 0 Å². The van der Waals surface area contributed by atoms with E-state index in [2.05, 4.69) is 10.3 Å². The van der Waals surface area contributed by atoms with Crippen molar-refractivity contribution in [3.63, 3.8) is 0 Å². The first-order valence-electron chi connectivity index (χ1n) is 11.5. The average molecular weight is 539 g/mol. The Hall–Kier alpha value is -4.10. The molecule has 2 atom stereocenters. The molecule has 2 fully saturated rings. The zero-order valence-electron chi connectivity index (χ0n) is 19.6. The number of urea groups is 1. The van der Waals surface area contributed by atoms with Gasteiger partial charge in [0.1, 0.15) is 28.9 Å². The Morgan fingerprint density at radius 2 is 1.79 bits per heavy atom. The van der Waals surface area contributed by atoms with E-state index in [-0.39, 0.29) is 36.6 Å². The maximum absolute atomic E-state index is 14.8. The van der Waals surface area contributed by atoms with Crippen LogP contribution in [0.1, 0.15) is 30.1 Å². The molecule has 0 radical (unpaired) electrons. The number of anilines is 1. The Morgan fingerprint density at radius 1 is 1.13 bits per heavy atom. The SMILES string of the molecule is C[C@H]1CN(c2ccc3c(=O)c(C(=O)NC(C4CC4)C(F)(F)F)cn(-c4c(F)cc(F)cc4F)c3n2)C(=O)N1. The monoisotopic (exact) mass is 539 g/mol. The van der Waals surface area contributed by atoms with Gasteiger partial charge in [-0.1, -0.05) is 0 Å². The number of benzene rings is 1. The van der Waals surface area contributed by atoms with Gasteiger partial charge in [-0.05, 0) is 37.8 Å². The van der Waals surface area contributed by atoms with Crippen molar-refractivity contribution in [2.45, 2.75) is 38.0 Å². The second-order valence-corrected chi connectivity index (χ2v) is 9.29. The van der Waals surface area contributed by atoms with Crippen LogP contribution >= 0.6 is 0 Å². The molecule has 1 aliphatic heterocycles. The summed E-state index contributed by atoms with van der Waals surface area (Å²) in [6.07, 6.45) is -3.67. The number of carbonyl (C=O) groups is 2. The van der Waals surface area contributed by atoms with Crippen molar-refractivity contribution in [1.82, 2.24) is 20.2 Å². The highest BCUT2D eigenvalue weighted by Gasteiger charge is 2.50. The number of alkyl halides is 3. The molecule has 0 bridgehead atoms. The lowest BCUT2D eigenvalue weighted by Gasteiger charge is -2.22. The zero-order chi connectivity index (χ0) is 27.5. The Morgan fingerprint density at radius 3 is 2.34 bits per heavy atom. The molecule has 1 aliphatic carbocycles. The fourth-order valence-electron chi connectivity index (χ4n) is 4.44. The molecule has 14 heteroatoms. The first-order chi connectivity index (χ1) is 17.8. The van der Waals surface area contributed by atoms with Gasteiger partial charge in [-0.2, -0.15) is 13.2 Å². The van der Waals surface area contributed by atoms with Crippen molar-refractivity contribution in [2.24, 2.45) is 5.92 Å². The van der Waals surface area contributed by atoms with Gasteiger partial charge in [-0.15, -0.1) is 0 Å². The summed E-state index contributed by atoms with van der Waals surface area (Å²) in [6, 6.07) is 0.121. The Bertz CT molecular complexity index is 1510. The van der Waals surface area contributed by atoms with Crippen LogP contribution in [0.4, 0.5) is 37.0 Å². The van der Waals surface area contributed by atoms with Gasteiger partial charge in [0.2, 0.25) is 5.43 Å². The summed E-state index contributed by atoms with van der Waals surface area (Å²) < 4.78 is 84.4. The minimum absolute atomic E-state index is 0.00139. The first kappa shape index (κ1) is 25.5. The number of rotatable bonds is 5. The highest BCUT2D eigenvalue weighted by atomic mass is 19.4. The van der Waals surface area contributed by atoms with E-state index in [1.54, 1.807) is 6.92 Å². The lowest BCUT2D eigenvalue weighted by molar-refractivity contribution is -0.158. The van der Waals surface area contributed by atoms with Crippen LogP contribution in [0.25, 0.3) is 16.7 Å². The third-order valence-electron chi connectivity index (χ3n) is 6.38. The van der Waals surface area contributed by atoms with E-state index in [4.69, 9.17) is 0 Å². The fourth-order valence-corrected chi connectivity index (χ4v) is 4.44. The predicted molar refractivity (Wildman–Crippen MR) is 123 cm³/mol. The van der Waals surface area contributed by atoms with Crippen molar-refractivity contribution in [3.8, 4) is 5.69 Å². The van der Waals surface area contributed by atoms with E-state index in [1.807, 2.05) is 5.32 Å². The molecule has 2 aliphatic rings. The zero-order valence-corrected chi connectivity index (χ0v) is 19.6. The van der Waals surface area contributed by atoms with Crippen LogP contribution in [-0.2, 0) is 0 Å². The van der Waals surface area contributed by atoms with E-state index < -0.39 is 69.9 Å². The highest BCUT2D eigenvalue weighted by molar-refractivity contribution is 5.98. The summed E-state index contributed by atoms with van der Waals surface area (Å²) in [5, 5.41) is 4.09. The molecule has 3 amide bonds. The number of hydrogen-bond donors (Lipinski definition) is 2. The number of nitrogens with one attached hydrogen (secondary N) is 2. The Balaban J connectivity index is 1.70. The van der Waals surface area contributed by atoms with Crippen LogP contribution in [0.15, 0.2) is 35.3 Å². The number of carbonyl (C=O) groups excluding carboxylic acids is 2. The molecule has 0 spiro atoms. The number of amides is 3. The van der Waals surface area contributed by atoms with E-state index >= 15 is 0 Å². The summed E-state index contributed by atoms with van der Waals surface area (Å²) in [6.45, 7) is 1.90. The molecular formula is C24H19F6N5O3. The van der Waals surface area contributed by atoms with Crippen molar-refractivity contribution in [2.75, 3.05) is 11.4 Å². The second kappa shape index (κ2) is 9.03. The third kappa shape index (κ3) is 4.54. The van der Waals surface area contributed by atoms with Gasteiger partial charge in [-0.25, -0.2) is 22.9 Å². The molecule has 1 saturated carbocycles. The summed E-state index contributed by atoms with van der Waals surface area (Å²) in [5.74, 6) is -6.36. The molecule has 5 rings (SSSR count). The lowest BCUT2D eigenvalue weighted by Crippen LogP contribution is -2.48. The number of hydrogen-bond acceptors (Lipinski definition) is 4. The molecule has 1 aromatic carbocycles. The normalized spacial score (nSPS) is 18.6. The summed E-state index contributed by atoms with van der Waals surface area (Å²) >= 11 is 0. The quantitative estimate of drug-likeness (QED) is 0.483. The summed E-state index contributed by atoms with van der Waals surface area (Å²) in [4.78, 5) is 43.8. The largest absolute Gasteiger partial charge is 0.408 e. The van der Waals surface area contributed by atoms with E-state index in [0.717, 1.165) is 6.07 Å². The van der Waals surface area contributed by atoms with Gasteiger partial charge in [-0.3, -0.25) is 19.1 Å². The Labute approximate surface area is 210 Å².